The lowest BCUT2D eigenvalue weighted by atomic mass is 10.1. The Hall–Kier alpha value is -0.790. The quantitative estimate of drug-likeness (QED) is 0.789. The number of nitrogens with zero attached hydrogens (tertiary/aromatic N) is 2. The minimum Gasteiger partial charge on any atom is -0.298 e. The van der Waals surface area contributed by atoms with Crippen LogP contribution < -0.4 is 0 Å². The molecule has 0 aromatic carbocycles. The maximum Gasteiger partial charge on any atom is 0.254 e. The van der Waals surface area contributed by atoms with Gasteiger partial charge in [0.2, 0.25) is 0 Å². The normalized spacial score (nSPS) is 18.9. The topological polar surface area (TPSA) is 67.3 Å². The van der Waals surface area contributed by atoms with E-state index in [2.05, 4.69) is 4.98 Å². The maximum absolute atomic E-state index is 12.1. The molecule has 0 radical (unpaired) electrons. The van der Waals surface area contributed by atoms with E-state index in [9.17, 15) is 13.2 Å². The third-order valence-electron chi connectivity index (χ3n) is 2.41. The smallest absolute Gasteiger partial charge is 0.254 e. The van der Waals surface area contributed by atoms with Crippen molar-refractivity contribution < 1.29 is 13.2 Å². The van der Waals surface area contributed by atoms with Gasteiger partial charge < -0.3 is 0 Å². The van der Waals surface area contributed by atoms with Crippen molar-refractivity contribution in [2.24, 2.45) is 0 Å². The third kappa shape index (κ3) is 2.16. The van der Waals surface area contributed by atoms with E-state index in [1.807, 2.05) is 0 Å². The molecule has 0 atom stereocenters. The Bertz CT molecular complexity index is 507. The predicted molar refractivity (Wildman–Crippen MR) is 59.9 cm³/mol. The van der Waals surface area contributed by atoms with Crippen molar-refractivity contribution in [2.45, 2.75) is 24.0 Å². The first-order chi connectivity index (χ1) is 7.50. The lowest BCUT2D eigenvalue weighted by Gasteiger charge is -2.23. The average molecular weight is 260 g/mol. The summed E-state index contributed by atoms with van der Waals surface area (Å²) in [6.07, 6.45) is 2.44. The Morgan fingerprint density at radius 2 is 2.25 bits per heavy atom. The summed E-state index contributed by atoms with van der Waals surface area (Å²) < 4.78 is 25.6. The average Bonchev–Trinajstić information content (AvgIpc) is 2.65. The van der Waals surface area contributed by atoms with Crippen LogP contribution in [0.15, 0.2) is 10.4 Å². The van der Waals surface area contributed by atoms with Crippen LogP contribution in [0.2, 0.25) is 0 Å². The van der Waals surface area contributed by atoms with Crippen LogP contribution in [-0.2, 0) is 14.8 Å². The highest BCUT2D eigenvalue weighted by molar-refractivity contribution is 7.91. The van der Waals surface area contributed by atoms with Gasteiger partial charge in [0.25, 0.3) is 10.0 Å². The predicted octanol–water partition coefficient (Wildman–Crippen LogP) is 0.805. The minimum absolute atomic E-state index is 0.000713. The molecule has 1 aliphatic heterocycles. The molecule has 1 fully saturated rings. The van der Waals surface area contributed by atoms with Crippen LogP contribution in [0.4, 0.5) is 0 Å². The van der Waals surface area contributed by atoms with E-state index in [1.165, 1.54) is 10.5 Å². The molecule has 0 spiro atoms. The molecular formula is C9H12N2O3S2. The molecule has 2 rings (SSSR count). The molecule has 88 valence electrons. The zero-order valence-corrected chi connectivity index (χ0v) is 10.5. The minimum atomic E-state index is -3.51. The fraction of sp³-hybridized carbons (Fsp3) is 0.556. The molecule has 1 aliphatic rings. The van der Waals surface area contributed by atoms with Gasteiger partial charge >= 0.3 is 0 Å². The summed E-state index contributed by atoms with van der Waals surface area (Å²) in [5.41, 5.74) is 0. The van der Waals surface area contributed by atoms with Crippen LogP contribution in [0.25, 0.3) is 0 Å². The first kappa shape index (κ1) is 11.7. The van der Waals surface area contributed by atoms with E-state index < -0.39 is 10.0 Å². The summed E-state index contributed by atoms with van der Waals surface area (Å²) in [6, 6.07) is 0. The first-order valence-corrected chi connectivity index (χ1v) is 7.20. The number of aromatic nitrogens is 1. The van der Waals surface area contributed by atoms with Crippen molar-refractivity contribution in [3.05, 3.63) is 11.2 Å². The number of thiazole rings is 1. The molecule has 7 heteroatoms. The van der Waals surface area contributed by atoms with Gasteiger partial charge in [0.1, 0.15) is 5.78 Å². The van der Waals surface area contributed by atoms with Gasteiger partial charge in [-0.2, -0.15) is 4.31 Å². The highest BCUT2D eigenvalue weighted by atomic mass is 32.2. The Labute approximate surface area is 98.2 Å². The summed E-state index contributed by atoms with van der Waals surface area (Å²) in [4.78, 5) is 15.2. The van der Waals surface area contributed by atoms with E-state index >= 15 is 0 Å². The number of hydrogen-bond acceptors (Lipinski definition) is 5. The lowest BCUT2D eigenvalue weighted by molar-refractivity contribution is -0.120. The largest absolute Gasteiger partial charge is 0.298 e. The van der Waals surface area contributed by atoms with Crippen LogP contribution in [0.1, 0.15) is 17.8 Å². The van der Waals surface area contributed by atoms with Crippen molar-refractivity contribution in [2.75, 3.05) is 13.1 Å². The number of piperidine rings is 1. The first-order valence-electron chi connectivity index (χ1n) is 4.94. The Morgan fingerprint density at radius 3 is 2.81 bits per heavy atom. The number of carbonyl (C=O) groups excluding carboxylic acids is 1. The standard InChI is InChI=1S/C9H12N2O3S2/c1-7-10-5-9(15-7)16(13,14)11-4-2-3-8(12)6-11/h5H,2-4,6H2,1H3. The fourth-order valence-electron chi connectivity index (χ4n) is 1.60. The summed E-state index contributed by atoms with van der Waals surface area (Å²) >= 11 is 1.14. The molecule has 5 nitrogen and oxygen atoms in total. The number of rotatable bonds is 2. The van der Waals surface area contributed by atoms with Gasteiger partial charge in [-0.15, -0.1) is 11.3 Å². The molecule has 0 amide bonds. The molecule has 2 heterocycles. The molecule has 0 aliphatic carbocycles. The molecule has 0 N–H and O–H groups in total. The second-order valence-corrected chi connectivity index (χ2v) is 7.08. The second-order valence-electron chi connectivity index (χ2n) is 3.68. The monoisotopic (exact) mass is 260 g/mol. The van der Waals surface area contributed by atoms with E-state index in [0.29, 0.717) is 24.4 Å². The summed E-state index contributed by atoms with van der Waals surface area (Å²) in [5, 5.41) is 0.710. The van der Waals surface area contributed by atoms with Gasteiger partial charge in [0.15, 0.2) is 4.21 Å². The van der Waals surface area contributed by atoms with Gasteiger partial charge in [0.05, 0.1) is 17.7 Å². The van der Waals surface area contributed by atoms with Crippen LogP contribution in [0.5, 0.6) is 0 Å². The van der Waals surface area contributed by atoms with Crippen LogP contribution >= 0.6 is 11.3 Å². The van der Waals surface area contributed by atoms with E-state index in [-0.39, 0.29) is 16.5 Å². The number of sulfonamides is 1. The zero-order chi connectivity index (χ0) is 11.8. The molecule has 0 saturated carbocycles. The highest BCUT2D eigenvalue weighted by Crippen LogP contribution is 2.23. The van der Waals surface area contributed by atoms with E-state index in [4.69, 9.17) is 0 Å². The van der Waals surface area contributed by atoms with Gasteiger partial charge in [0, 0.05) is 13.0 Å². The van der Waals surface area contributed by atoms with Crippen LogP contribution in [0, 0.1) is 6.92 Å². The Morgan fingerprint density at radius 1 is 1.50 bits per heavy atom. The van der Waals surface area contributed by atoms with Crippen LogP contribution in [0.3, 0.4) is 0 Å². The second kappa shape index (κ2) is 4.23. The van der Waals surface area contributed by atoms with Crippen LogP contribution in [-0.4, -0.2) is 36.6 Å². The lowest BCUT2D eigenvalue weighted by Crippen LogP contribution is -2.39. The van der Waals surface area contributed by atoms with Gasteiger partial charge in [-0.25, -0.2) is 13.4 Å². The van der Waals surface area contributed by atoms with E-state index in [1.54, 1.807) is 6.92 Å². The molecule has 16 heavy (non-hydrogen) atoms. The number of hydrogen-bond donors (Lipinski definition) is 0. The summed E-state index contributed by atoms with van der Waals surface area (Å²) in [7, 11) is -3.51. The molecule has 1 aromatic heterocycles. The number of aryl methyl sites for hydroxylation is 1. The van der Waals surface area contributed by atoms with Gasteiger partial charge in [-0.05, 0) is 13.3 Å². The van der Waals surface area contributed by atoms with Crippen molar-refractivity contribution >= 4 is 27.1 Å². The highest BCUT2D eigenvalue weighted by Gasteiger charge is 2.30. The third-order valence-corrected chi connectivity index (χ3v) is 5.60. The molecule has 1 aromatic rings. The molecule has 0 unspecified atom stereocenters. The Balaban J connectivity index is 2.28. The summed E-state index contributed by atoms with van der Waals surface area (Å²) in [5.74, 6) is -0.0175. The maximum atomic E-state index is 12.1. The van der Waals surface area contributed by atoms with Gasteiger partial charge in [-0.3, -0.25) is 4.79 Å². The SMILES string of the molecule is Cc1ncc(S(=O)(=O)N2CCCC(=O)C2)s1. The zero-order valence-electron chi connectivity index (χ0n) is 8.84. The van der Waals surface area contributed by atoms with Crippen molar-refractivity contribution in [3.63, 3.8) is 0 Å². The van der Waals surface area contributed by atoms with E-state index in [0.717, 1.165) is 11.3 Å². The fourth-order valence-corrected chi connectivity index (χ4v) is 4.33. The summed E-state index contributed by atoms with van der Waals surface area (Å²) in [6.45, 7) is 2.18. The van der Waals surface area contributed by atoms with Crippen molar-refractivity contribution in [3.8, 4) is 0 Å². The Kier molecular flexibility index (Phi) is 3.09. The number of ketones is 1. The van der Waals surface area contributed by atoms with Crippen molar-refractivity contribution in [1.82, 2.24) is 9.29 Å². The molecule has 1 saturated heterocycles. The molecular weight excluding hydrogens is 248 g/mol. The van der Waals surface area contributed by atoms with Gasteiger partial charge in [-0.1, -0.05) is 0 Å². The molecule has 0 bridgehead atoms. The number of Topliss-reactive ketones (excluding diaryl/α,β-unsaturated/α-hetero) is 1. The van der Waals surface area contributed by atoms with Crippen molar-refractivity contribution in [1.29, 1.82) is 0 Å². The number of carbonyl (C=O) groups is 1.